The van der Waals surface area contributed by atoms with Crippen molar-refractivity contribution in [2.45, 2.75) is 33.2 Å². The second-order valence-electron chi connectivity index (χ2n) is 6.45. The summed E-state index contributed by atoms with van der Waals surface area (Å²) >= 11 is 0. The zero-order valence-electron chi connectivity index (χ0n) is 15.1. The first-order valence-electron chi connectivity index (χ1n) is 8.81. The van der Waals surface area contributed by atoms with Crippen molar-refractivity contribution >= 4 is 28.4 Å². The van der Waals surface area contributed by atoms with Crippen molar-refractivity contribution in [1.82, 2.24) is 10.3 Å². The molecule has 2 aromatic carbocycles. The van der Waals surface area contributed by atoms with E-state index >= 15 is 0 Å². The first-order valence-corrected chi connectivity index (χ1v) is 8.81. The van der Waals surface area contributed by atoms with E-state index in [9.17, 15) is 9.59 Å². The van der Waals surface area contributed by atoms with Crippen LogP contribution in [-0.4, -0.2) is 16.8 Å². The van der Waals surface area contributed by atoms with Gasteiger partial charge in [-0.3, -0.25) is 9.59 Å². The van der Waals surface area contributed by atoms with Crippen LogP contribution in [-0.2, 0) is 11.3 Å². The first-order chi connectivity index (χ1) is 12.5. The molecule has 0 saturated carbocycles. The SMILES string of the molecule is CCCC(=O)Nc1ccc(CNC(=O)c2cc3ccc(C)cc3[nH]2)cc1. The molecule has 0 aliphatic carbocycles. The number of fused-ring (bicyclic) bond motifs is 1. The van der Waals surface area contributed by atoms with E-state index in [0.717, 1.165) is 34.1 Å². The van der Waals surface area contributed by atoms with Crippen molar-refractivity contribution in [3.05, 3.63) is 65.4 Å². The number of aromatic nitrogens is 1. The van der Waals surface area contributed by atoms with Crippen molar-refractivity contribution < 1.29 is 9.59 Å². The number of amides is 2. The lowest BCUT2D eigenvalue weighted by molar-refractivity contribution is -0.116. The Hall–Kier alpha value is -3.08. The Labute approximate surface area is 152 Å². The minimum absolute atomic E-state index is 0.0163. The lowest BCUT2D eigenvalue weighted by Crippen LogP contribution is -2.23. The summed E-state index contributed by atoms with van der Waals surface area (Å²) in [7, 11) is 0. The highest BCUT2D eigenvalue weighted by Crippen LogP contribution is 2.17. The molecular weight excluding hydrogens is 326 g/mol. The van der Waals surface area contributed by atoms with Gasteiger partial charge in [0.2, 0.25) is 5.91 Å². The molecule has 3 rings (SSSR count). The highest BCUT2D eigenvalue weighted by Gasteiger charge is 2.09. The van der Waals surface area contributed by atoms with Crippen LogP contribution in [0.15, 0.2) is 48.5 Å². The topological polar surface area (TPSA) is 74.0 Å². The monoisotopic (exact) mass is 349 g/mol. The Morgan fingerprint density at radius 1 is 1.04 bits per heavy atom. The molecule has 0 unspecified atom stereocenters. The minimum Gasteiger partial charge on any atom is -0.351 e. The van der Waals surface area contributed by atoms with Gasteiger partial charge in [-0.15, -0.1) is 0 Å². The summed E-state index contributed by atoms with van der Waals surface area (Å²) < 4.78 is 0. The Balaban J connectivity index is 1.59. The number of carbonyl (C=O) groups is 2. The highest BCUT2D eigenvalue weighted by molar-refractivity contribution is 5.98. The summed E-state index contributed by atoms with van der Waals surface area (Å²) in [4.78, 5) is 27.1. The number of rotatable bonds is 6. The molecule has 134 valence electrons. The molecule has 0 saturated heterocycles. The average molecular weight is 349 g/mol. The van der Waals surface area contributed by atoms with Crippen molar-refractivity contribution in [2.75, 3.05) is 5.32 Å². The number of nitrogens with one attached hydrogen (secondary N) is 3. The molecule has 5 nitrogen and oxygen atoms in total. The second kappa shape index (κ2) is 7.87. The Morgan fingerprint density at radius 2 is 1.81 bits per heavy atom. The molecule has 0 fully saturated rings. The summed E-state index contributed by atoms with van der Waals surface area (Å²) in [6.45, 7) is 4.42. The van der Waals surface area contributed by atoms with Crippen molar-refractivity contribution in [3.63, 3.8) is 0 Å². The maximum absolute atomic E-state index is 12.4. The van der Waals surface area contributed by atoms with Crippen LogP contribution in [0.25, 0.3) is 10.9 Å². The zero-order chi connectivity index (χ0) is 18.5. The fraction of sp³-hybridized carbons (Fsp3) is 0.238. The summed E-state index contributed by atoms with van der Waals surface area (Å²) in [6.07, 6.45) is 1.34. The van der Waals surface area contributed by atoms with E-state index in [1.165, 1.54) is 0 Å². The lowest BCUT2D eigenvalue weighted by atomic mass is 10.2. The second-order valence-corrected chi connectivity index (χ2v) is 6.45. The van der Waals surface area contributed by atoms with E-state index in [-0.39, 0.29) is 11.8 Å². The quantitative estimate of drug-likeness (QED) is 0.625. The summed E-state index contributed by atoms with van der Waals surface area (Å²) in [5, 5.41) is 6.78. The predicted octanol–water partition coefficient (Wildman–Crippen LogP) is 4.14. The molecule has 0 spiro atoms. The number of benzene rings is 2. The Kier molecular flexibility index (Phi) is 5.37. The van der Waals surface area contributed by atoms with Crippen LogP contribution >= 0.6 is 0 Å². The van der Waals surface area contributed by atoms with E-state index in [4.69, 9.17) is 0 Å². The molecule has 1 aromatic heterocycles. The third kappa shape index (κ3) is 4.30. The molecule has 3 aromatic rings. The van der Waals surface area contributed by atoms with Gasteiger partial charge in [0.05, 0.1) is 0 Å². The van der Waals surface area contributed by atoms with Crippen LogP contribution in [0.5, 0.6) is 0 Å². The van der Waals surface area contributed by atoms with Gasteiger partial charge in [-0.2, -0.15) is 0 Å². The molecular formula is C21H23N3O2. The van der Waals surface area contributed by atoms with Gasteiger partial charge in [-0.05, 0) is 48.7 Å². The van der Waals surface area contributed by atoms with Crippen molar-refractivity contribution in [2.24, 2.45) is 0 Å². The average Bonchev–Trinajstić information content (AvgIpc) is 3.04. The number of carbonyl (C=O) groups excluding carboxylic acids is 2. The van der Waals surface area contributed by atoms with Crippen LogP contribution in [0.2, 0.25) is 0 Å². The lowest BCUT2D eigenvalue weighted by Gasteiger charge is -2.07. The summed E-state index contributed by atoms with van der Waals surface area (Å²) in [5.41, 5.74) is 4.40. The Bertz CT molecular complexity index is 926. The molecule has 0 radical (unpaired) electrons. The number of anilines is 1. The molecule has 0 aliphatic rings. The van der Waals surface area contributed by atoms with Crippen molar-refractivity contribution in [1.29, 1.82) is 0 Å². The molecule has 0 atom stereocenters. The summed E-state index contributed by atoms with van der Waals surface area (Å²) in [6, 6.07) is 15.4. The predicted molar refractivity (Wildman–Crippen MR) is 104 cm³/mol. The van der Waals surface area contributed by atoms with E-state index in [2.05, 4.69) is 15.6 Å². The number of aryl methyl sites for hydroxylation is 1. The van der Waals surface area contributed by atoms with Crippen LogP contribution in [0.3, 0.4) is 0 Å². The van der Waals surface area contributed by atoms with Gasteiger partial charge >= 0.3 is 0 Å². The smallest absolute Gasteiger partial charge is 0.267 e. The van der Waals surface area contributed by atoms with E-state index in [0.29, 0.717) is 18.7 Å². The molecule has 1 heterocycles. The van der Waals surface area contributed by atoms with Gasteiger partial charge in [-0.25, -0.2) is 0 Å². The molecule has 3 N–H and O–H groups in total. The van der Waals surface area contributed by atoms with Crippen molar-refractivity contribution in [3.8, 4) is 0 Å². The maximum atomic E-state index is 12.4. The molecule has 2 amide bonds. The van der Waals surface area contributed by atoms with Crippen LogP contribution in [0.4, 0.5) is 5.69 Å². The van der Waals surface area contributed by atoms with E-state index < -0.39 is 0 Å². The first kappa shape index (κ1) is 17.7. The van der Waals surface area contributed by atoms with Crippen LogP contribution in [0.1, 0.15) is 41.4 Å². The molecule has 5 heteroatoms. The van der Waals surface area contributed by atoms with Gasteiger partial charge in [0, 0.05) is 29.6 Å². The number of H-pyrrole nitrogens is 1. The number of hydrogen-bond donors (Lipinski definition) is 3. The summed E-state index contributed by atoms with van der Waals surface area (Å²) in [5.74, 6) is -0.123. The van der Waals surface area contributed by atoms with E-state index in [1.807, 2.05) is 62.4 Å². The van der Waals surface area contributed by atoms with Gasteiger partial charge < -0.3 is 15.6 Å². The standard InChI is InChI=1S/C21H23N3O2/c1-3-4-20(25)23-17-9-6-15(7-10-17)13-22-21(26)19-12-16-8-5-14(2)11-18(16)24-19/h5-12,24H,3-4,13H2,1-2H3,(H,22,26)(H,23,25). The van der Waals surface area contributed by atoms with Gasteiger partial charge in [-0.1, -0.05) is 31.2 Å². The normalized spacial score (nSPS) is 10.7. The highest BCUT2D eigenvalue weighted by atomic mass is 16.2. The minimum atomic E-state index is -0.140. The van der Waals surface area contributed by atoms with E-state index in [1.54, 1.807) is 0 Å². The fourth-order valence-electron chi connectivity index (χ4n) is 2.80. The van der Waals surface area contributed by atoms with Gasteiger partial charge in [0.25, 0.3) is 5.91 Å². The Morgan fingerprint density at radius 3 is 2.54 bits per heavy atom. The zero-order valence-corrected chi connectivity index (χ0v) is 15.1. The van der Waals surface area contributed by atoms with Gasteiger partial charge in [0.15, 0.2) is 0 Å². The third-order valence-electron chi connectivity index (χ3n) is 4.19. The largest absolute Gasteiger partial charge is 0.351 e. The van der Waals surface area contributed by atoms with Crippen LogP contribution < -0.4 is 10.6 Å². The maximum Gasteiger partial charge on any atom is 0.267 e. The number of aromatic amines is 1. The molecule has 26 heavy (non-hydrogen) atoms. The number of hydrogen-bond acceptors (Lipinski definition) is 2. The fourth-order valence-corrected chi connectivity index (χ4v) is 2.80. The van der Waals surface area contributed by atoms with Gasteiger partial charge in [0.1, 0.15) is 5.69 Å². The molecule has 0 aliphatic heterocycles. The third-order valence-corrected chi connectivity index (χ3v) is 4.19. The van der Waals surface area contributed by atoms with Crippen LogP contribution in [0, 0.1) is 6.92 Å². The molecule has 0 bridgehead atoms.